The lowest BCUT2D eigenvalue weighted by molar-refractivity contribution is 0.223. The fourth-order valence-electron chi connectivity index (χ4n) is 1.75. The number of ether oxygens (including phenoxy) is 2. The van der Waals surface area contributed by atoms with E-state index in [0.29, 0.717) is 13.2 Å². The monoisotopic (exact) mass is 276 g/mol. The van der Waals surface area contributed by atoms with Gasteiger partial charge in [0, 0.05) is 0 Å². The minimum atomic E-state index is 0.121. The Morgan fingerprint density at radius 1 is 1.20 bits per heavy atom. The molecule has 1 heterocycles. The molecule has 2 aromatic rings. The normalized spacial score (nSPS) is 10.6. The van der Waals surface area contributed by atoms with Gasteiger partial charge in [-0.05, 0) is 38.5 Å². The first-order valence-corrected chi connectivity index (χ1v) is 6.70. The van der Waals surface area contributed by atoms with Crippen molar-refractivity contribution in [3.05, 3.63) is 36.4 Å². The highest BCUT2D eigenvalue weighted by atomic mass is 16.5. The van der Waals surface area contributed by atoms with Crippen LogP contribution in [0.3, 0.4) is 0 Å². The molecule has 0 amide bonds. The second-order valence-electron chi connectivity index (χ2n) is 4.58. The second kappa shape index (κ2) is 6.79. The number of nitrogens with zero attached hydrogens (tertiary/aromatic N) is 3. The van der Waals surface area contributed by atoms with Crippen LogP contribution in [0.2, 0.25) is 0 Å². The lowest BCUT2D eigenvalue weighted by Crippen LogP contribution is -2.12. The zero-order valence-corrected chi connectivity index (χ0v) is 12.0. The fourth-order valence-corrected chi connectivity index (χ4v) is 1.75. The van der Waals surface area contributed by atoms with Gasteiger partial charge < -0.3 is 14.9 Å². The fraction of sp³-hybridized carbons (Fsp3) is 0.429. The van der Waals surface area contributed by atoms with E-state index < -0.39 is 0 Å². The Balaban J connectivity index is 2.08. The summed E-state index contributed by atoms with van der Waals surface area (Å²) in [5.74, 6) is 1.54. The highest BCUT2D eigenvalue weighted by Crippen LogP contribution is 2.29. The molecule has 0 saturated heterocycles. The molecular weight excluding hydrogens is 256 g/mol. The molecule has 0 aliphatic carbocycles. The standard InChI is InChI=1S/C14H20N4O2/c1-4-19-14-7-12(5-6-13(14)20-11(2)3)8-17-18-9-15-16-10-18/h5-7,9-11,17H,4,8H2,1-3H3. The molecule has 0 radical (unpaired) electrons. The van der Waals surface area contributed by atoms with Gasteiger partial charge in [0.15, 0.2) is 11.5 Å². The third-order valence-corrected chi connectivity index (χ3v) is 2.56. The minimum Gasteiger partial charge on any atom is -0.490 e. The van der Waals surface area contributed by atoms with Crippen molar-refractivity contribution in [2.75, 3.05) is 12.0 Å². The van der Waals surface area contributed by atoms with Crippen LogP contribution in [0.25, 0.3) is 0 Å². The van der Waals surface area contributed by atoms with Crippen molar-refractivity contribution in [1.29, 1.82) is 0 Å². The zero-order chi connectivity index (χ0) is 14.4. The van der Waals surface area contributed by atoms with Gasteiger partial charge in [0.1, 0.15) is 12.7 Å². The van der Waals surface area contributed by atoms with Crippen LogP contribution < -0.4 is 14.9 Å². The Kier molecular flexibility index (Phi) is 4.81. The molecule has 0 fully saturated rings. The van der Waals surface area contributed by atoms with Crippen molar-refractivity contribution in [2.45, 2.75) is 33.4 Å². The Labute approximate surface area is 118 Å². The van der Waals surface area contributed by atoms with Gasteiger partial charge in [0.25, 0.3) is 0 Å². The van der Waals surface area contributed by atoms with E-state index in [4.69, 9.17) is 9.47 Å². The molecule has 20 heavy (non-hydrogen) atoms. The van der Waals surface area contributed by atoms with Gasteiger partial charge in [-0.15, -0.1) is 10.2 Å². The van der Waals surface area contributed by atoms with Gasteiger partial charge in [-0.2, -0.15) is 0 Å². The van der Waals surface area contributed by atoms with E-state index in [9.17, 15) is 0 Å². The first-order valence-electron chi connectivity index (χ1n) is 6.70. The second-order valence-corrected chi connectivity index (χ2v) is 4.58. The highest BCUT2D eigenvalue weighted by molar-refractivity contribution is 5.43. The maximum absolute atomic E-state index is 5.73. The molecule has 2 rings (SSSR count). The number of benzene rings is 1. The Hall–Kier alpha value is -2.24. The molecule has 6 heteroatoms. The Morgan fingerprint density at radius 3 is 2.60 bits per heavy atom. The van der Waals surface area contributed by atoms with Crippen molar-refractivity contribution in [2.24, 2.45) is 0 Å². The molecule has 1 aromatic carbocycles. The van der Waals surface area contributed by atoms with Crippen LogP contribution in [0.5, 0.6) is 11.5 Å². The predicted octanol–water partition coefficient (Wildman–Crippen LogP) is 2.21. The number of hydrogen-bond donors (Lipinski definition) is 1. The molecule has 6 nitrogen and oxygen atoms in total. The average molecular weight is 276 g/mol. The third-order valence-electron chi connectivity index (χ3n) is 2.56. The number of aromatic nitrogens is 3. The van der Waals surface area contributed by atoms with Crippen LogP contribution in [0.15, 0.2) is 30.9 Å². The largest absolute Gasteiger partial charge is 0.490 e. The average Bonchev–Trinajstić information content (AvgIpc) is 2.92. The Morgan fingerprint density at radius 2 is 1.95 bits per heavy atom. The molecule has 0 aliphatic rings. The van der Waals surface area contributed by atoms with E-state index in [1.54, 1.807) is 17.3 Å². The maximum atomic E-state index is 5.73. The summed E-state index contributed by atoms with van der Waals surface area (Å²) in [4.78, 5) is 0. The number of nitrogens with one attached hydrogen (secondary N) is 1. The minimum absolute atomic E-state index is 0.121. The van der Waals surface area contributed by atoms with E-state index >= 15 is 0 Å². The van der Waals surface area contributed by atoms with Gasteiger partial charge in [0.2, 0.25) is 0 Å². The molecule has 108 valence electrons. The van der Waals surface area contributed by atoms with E-state index in [1.807, 2.05) is 39.0 Å². The van der Waals surface area contributed by atoms with Crippen molar-refractivity contribution in [1.82, 2.24) is 14.9 Å². The SMILES string of the molecule is CCOc1cc(CNn2cnnc2)ccc1OC(C)C. The van der Waals surface area contributed by atoms with Crippen LogP contribution in [-0.4, -0.2) is 27.6 Å². The predicted molar refractivity (Wildman–Crippen MR) is 76.5 cm³/mol. The molecule has 1 aromatic heterocycles. The molecular formula is C14H20N4O2. The summed E-state index contributed by atoms with van der Waals surface area (Å²) in [6.45, 7) is 7.21. The topological polar surface area (TPSA) is 61.2 Å². The lowest BCUT2D eigenvalue weighted by Gasteiger charge is -2.16. The Bertz CT molecular complexity index is 526. The van der Waals surface area contributed by atoms with Gasteiger partial charge in [-0.3, -0.25) is 0 Å². The van der Waals surface area contributed by atoms with Crippen LogP contribution in [0.1, 0.15) is 26.3 Å². The van der Waals surface area contributed by atoms with E-state index in [1.165, 1.54) is 0 Å². The lowest BCUT2D eigenvalue weighted by atomic mass is 10.2. The molecule has 1 N–H and O–H groups in total. The summed E-state index contributed by atoms with van der Waals surface area (Å²) >= 11 is 0. The first kappa shape index (κ1) is 14.2. The summed E-state index contributed by atoms with van der Waals surface area (Å²) in [6.07, 6.45) is 3.34. The van der Waals surface area contributed by atoms with Crippen LogP contribution in [0, 0.1) is 0 Å². The summed E-state index contributed by atoms with van der Waals surface area (Å²) in [6, 6.07) is 5.93. The maximum Gasteiger partial charge on any atom is 0.161 e. The zero-order valence-electron chi connectivity index (χ0n) is 12.0. The van der Waals surface area contributed by atoms with Gasteiger partial charge in [-0.25, -0.2) is 4.68 Å². The highest BCUT2D eigenvalue weighted by Gasteiger charge is 2.08. The summed E-state index contributed by atoms with van der Waals surface area (Å²) < 4.78 is 13.1. The van der Waals surface area contributed by atoms with Crippen molar-refractivity contribution >= 4 is 0 Å². The molecule has 0 atom stereocenters. The van der Waals surface area contributed by atoms with Gasteiger partial charge in [-0.1, -0.05) is 6.07 Å². The van der Waals surface area contributed by atoms with E-state index in [-0.39, 0.29) is 6.10 Å². The first-order chi connectivity index (χ1) is 9.69. The van der Waals surface area contributed by atoms with Crippen molar-refractivity contribution in [3.63, 3.8) is 0 Å². The van der Waals surface area contributed by atoms with E-state index in [0.717, 1.165) is 17.1 Å². The molecule has 0 saturated carbocycles. The van der Waals surface area contributed by atoms with Crippen molar-refractivity contribution in [3.8, 4) is 11.5 Å². The summed E-state index contributed by atoms with van der Waals surface area (Å²) in [5.41, 5.74) is 4.26. The molecule has 0 spiro atoms. The molecule has 0 aliphatic heterocycles. The smallest absolute Gasteiger partial charge is 0.161 e. The van der Waals surface area contributed by atoms with Crippen LogP contribution >= 0.6 is 0 Å². The van der Waals surface area contributed by atoms with Crippen LogP contribution in [-0.2, 0) is 6.54 Å². The number of rotatable bonds is 7. The summed E-state index contributed by atoms with van der Waals surface area (Å²) in [7, 11) is 0. The quantitative estimate of drug-likeness (QED) is 0.840. The van der Waals surface area contributed by atoms with Gasteiger partial charge >= 0.3 is 0 Å². The third kappa shape index (κ3) is 3.88. The summed E-state index contributed by atoms with van der Waals surface area (Å²) in [5, 5.41) is 7.47. The van der Waals surface area contributed by atoms with E-state index in [2.05, 4.69) is 15.6 Å². The number of hydrogen-bond acceptors (Lipinski definition) is 5. The molecule has 0 unspecified atom stereocenters. The van der Waals surface area contributed by atoms with Crippen LogP contribution in [0.4, 0.5) is 0 Å². The van der Waals surface area contributed by atoms with Gasteiger partial charge in [0.05, 0.1) is 19.3 Å². The molecule has 0 bridgehead atoms. The van der Waals surface area contributed by atoms with Crippen molar-refractivity contribution < 1.29 is 9.47 Å².